The average molecular weight is 367 g/mol. The topological polar surface area (TPSA) is 71.8 Å². The largest absolute Gasteiger partial charge is 0.329 e. The molecule has 0 bridgehead atoms. The molecule has 4 rings (SSSR count). The number of hydrogen-bond acceptors (Lipinski definition) is 4. The van der Waals surface area contributed by atoms with Crippen molar-refractivity contribution < 1.29 is 4.79 Å². The van der Waals surface area contributed by atoms with E-state index in [0.29, 0.717) is 18.3 Å². The van der Waals surface area contributed by atoms with Crippen molar-refractivity contribution in [3.8, 4) is 0 Å². The van der Waals surface area contributed by atoms with Crippen LogP contribution < -0.4 is 10.6 Å². The third kappa shape index (κ3) is 3.94. The molecular weight excluding hydrogens is 346 g/mol. The normalized spacial score (nSPS) is 14.8. The molecule has 26 heavy (non-hydrogen) atoms. The van der Waals surface area contributed by atoms with Crippen LogP contribution in [0.5, 0.6) is 0 Å². The van der Waals surface area contributed by atoms with Gasteiger partial charge in [-0.05, 0) is 49.3 Å². The highest BCUT2D eigenvalue weighted by atomic mass is 32.1. The van der Waals surface area contributed by atoms with E-state index in [1.165, 1.54) is 4.88 Å². The van der Waals surface area contributed by atoms with Crippen LogP contribution in [0.3, 0.4) is 0 Å². The maximum absolute atomic E-state index is 12.6. The monoisotopic (exact) mass is 367 g/mol. The molecule has 3 aromatic rings. The van der Waals surface area contributed by atoms with E-state index >= 15 is 0 Å². The Hall–Kier alpha value is -2.67. The van der Waals surface area contributed by atoms with E-state index in [-0.39, 0.29) is 12.1 Å². The van der Waals surface area contributed by atoms with Crippen LogP contribution >= 0.6 is 11.3 Å². The van der Waals surface area contributed by atoms with E-state index in [4.69, 9.17) is 0 Å². The summed E-state index contributed by atoms with van der Waals surface area (Å²) in [4.78, 5) is 18.4. The van der Waals surface area contributed by atoms with E-state index in [9.17, 15) is 4.79 Å². The Labute approximate surface area is 156 Å². The Balaban J connectivity index is 1.44. The molecule has 0 spiro atoms. The van der Waals surface area contributed by atoms with E-state index in [1.54, 1.807) is 22.2 Å². The van der Waals surface area contributed by atoms with Crippen molar-refractivity contribution in [2.75, 3.05) is 5.32 Å². The number of hydrogen-bond donors (Lipinski definition) is 2. The van der Waals surface area contributed by atoms with Crippen LogP contribution in [0, 0.1) is 12.8 Å². The first kappa shape index (κ1) is 16.8. The molecule has 1 aliphatic rings. The number of urea groups is 1. The van der Waals surface area contributed by atoms with Gasteiger partial charge in [0.1, 0.15) is 5.82 Å². The fourth-order valence-electron chi connectivity index (χ4n) is 3.01. The van der Waals surface area contributed by atoms with Gasteiger partial charge < -0.3 is 5.32 Å². The summed E-state index contributed by atoms with van der Waals surface area (Å²) in [6, 6.07) is 11.5. The third-order valence-electron chi connectivity index (χ3n) is 4.45. The first-order valence-corrected chi connectivity index (χ1v) is 9.62. The number of carbonyl (C=O) groups excluding carboxylic acids is 1. The van der Waals surface area contributed by atoms with E-state index < -0.39 is 0 Å². The van der Waals surface area contributed by atoms with Gasteiger partial charge in [0.05, 0.1) is 24.5 Å². The van der Waals surface area contributed by atoms with Crippen LogP contribution in [0.1, 0.15) is 35.1 Å². The van der Waals surface area contributed by atoms with E-state index in [1.807, 2.05) is 42.6 Å². The van der Waals surface area contributed by atoms with Gasteiger partial charge in [-0.1, -0.05) is 12.1 Å². The molecule has 3 heterocycles. The second-order valence-electron chi connectivity index (χ2n) is 6.57. The molecule has 1 saturated carbocycles. The predicted octanol–water partition coefficient (Wildman–Crippen LogP) is 3.97. The van der Waals surface area contributed by atoms with Crippen LogP contribution in [-0.4, -0.2) is 20.8 Å². The van der Waals surface area contributed by atoms with Gasteiger partial charge in [0.25, 0.3) is 0 Å². The number of carbonyl (C=O) groups is 1. The quantitative estimate of drug-likeness (QED) is 0.692. The highest BCUT2D eigenvalue weighted by molar-refractivity contribution is 7.09. The summed E-state index contributed by atoms with van der Waals surface area (Å²) in [5.41, 5.74) is 1.89. The molecule has 0 radical (unpaired) electrons. The van der Waals surface area contributed by atoms with Gasteiger partial charge in [0.2, 0.25) is 0 Å². The van der Waals surface area contributed by atoms with Crippen molar-refractivity contribution in [1.82, 2.24) is 20.1 Å². The minimum atomic E-state index is -0.224. The van der Waals surface area contributed by atoms with Crippen LogP contribution in [-0.2, 0) is 6.54 Å². The fourth-order valence-corrected chi connectivity index (χ4v) is 3.69. The summed E-state index contributed by atoms with van der Waals surface area (Å²) in [6.07, 6.45) is 3.94. The minimum Gasteiger partial charge on any atom is -0.329 e. The predicted molar refractivity (Wildman–Crippen MR) is 102 cm³/mol. The lowest BCUT2D eigenvalue weighted by Gasteiger charge is -2.19. The van der Waals surface area contributed by atoms with E-state index in [2.05, 4.69) is 26.8 Å². The average Bonchev–Trinajstić information content (AvgIpc) is 3.17. The van der Waals surface area contributed by atoms with Gasteiger partial charge >= 0.3 is 6.03 Å². The van der Waals surface area contributed by atoms with Crippen molar-refractivity contribution in [2.45, 2.75) is 32.4 Å². The number of amides is 2. The molecule has 1 unspecified atom stereocenters. The molecule has 3 aromatic heterocycles. The van der Waals surface area contributed by atoms with Gasteiger partial charge in [0.15, 0.2) is 0 Å². The van der Waals surface area contributed by atoms with Gasteiger partial charge in [-0.15, -0.1) is 11.3 Å². The number of anilines is 1. The standard InChI is InChI=1S/C19H21N5OS/c1-13-4-2-6-16(21-13)18(14-7-8-14)23-19(25)22-17-9-10-20-24(17)12-15-5-3-11-26-15/h2-6,9-11,14,18H,7-8,12H2,1H3,(H2,22,23,25). The van der Waals surface area contributed by atoms with Crippen molar-refractivity contribution in [3.63, 3.8) is 0 Å². The van der Waals surface area contributed by atoms with Crippen LogP contribution in [0.4, 0.5) is 10.6 Å². The molecule has 6 nitrogen and oxygen atoms in total. The zero-order chi connectivity index (χ0) is 17.9. The molecule has 1 atom stereocenters. The minimum absolute atomic E-state index is 0.0523. The third-order valence-corrected chi connectivity index (χ3v) is 5.31. The molecule has 134 valence electrons. The molecule has 0 saturated heterocycles. The highest BCUT2D eigenvalue weighted by Crippen LogP contribution is 2.40. The molecule has 1 aliphatic carbocycles. The van der Waals surface area contributed by atoms with Gasteiger partial charge in [0, 0.05) is 16.6 Å². The number of pyridine rings is 1. The smallest absolute Gasteiger partial charge is 0.320 e. The molecular formula is C19H21N5OS. The maximum Gasteiger partial charge on any atom is 0.320 e. The van der Waals surface area contributed by atoms with Crippen LogP contribution in [0.15, 0.2) is 48.0 Å². The first-order chi connectivity index (χ1) is 12.7. The summed E-state index contributed by atoms with van der Waals surface area (Å²) in [5.74, 6) is 1.15. The van der Waals surface area contributed by atoms with Crippen molar-refractivity contribution in [2.24, 2.45) is 5.92 Å². The highest BCUT2D eigenvalue weighted by Gasteiger charge is 2.34. The Morgan fingerprint density at radius 3 is 2.92 bits per heavy atom. The van der Waals surface area contributed by atoms with Gasteiger partial charge in [-0.2, -0.15) is 5.10 Å². The number of thiophene rings is 1. The van der Waals surface area contributed by atoms with Crippen LogP contribution in [0.2, 0.25) is 0 Å². The zero-order valence-corrected chi connectivity index (χ0v) is 15.4. The second-order valence-corrected chi connectivity index (χ2v) is 7.60. The summed E-state index contributed by atoms with van der Waals surface area (Å²) < 4.78 is 1.79. The summed E-state index contributed by atoms with van der Waals surface area (Å²) >= 11 is 1.67. The summed E-state index contributed by atoms with van der Waals surface area (Å²) in [5, 5.41) is 12.4. The number of rotatable bonds is 6. The Morgan fingerprint density at radius 1 is 1.31 bits per heavy atom. The summed E-state index contributed by atoms with van der Waals surface area (Å²) in [6.45, 7) is 2.61. The number of nitrogens with zero attached hydrogens (tertiary/aromatic N) is 3. The van der Waals surface area contributed by atoms with Gasteiger partial charge in [-0.3, -0.25) is 10.3 Å². The first-order valence-electron chi connectivity index (χ1n) is 8.74. The number of aryl methyl sites for hydroxylation is 1. The molecule has 2 amide bonds. The Bertz CT molecular complexity index is 885. The number of nitrogens with one attached hydrogen (secondary N) is 2. The summed E-state index contributed by atoms with van der Waals surface area (Å²) in [7, 11) is 0. The van der Waals surface area contributed by atoms with E-state index in [0.717, 1.165) is 24.2 Å². The Morgan fingerprint density at radius 2 is 2.19 bits per heavy atom. The fraction of sp³-hybridized carbons (Fsp3) is 0.316. The van der Waals surface area contributed by atoms with Crippen molar-refractivity contribution >= 4 is 23.2 Å². The van der Waals surface area contributed by atoms with Crippen molar-refractivity contribution in [1.29, 1.82) is 0 Å². The molecule has 1 fully saturated rings. The van der Waals surface area contributed by atoms with Crippen molar-refractivity contribution in [3.05, 3.63) is 64.2 Å². The SMILES string of the molecule is Cc1cccc(C(NC(=O)Nc2ccnn2Cc2cccs2)C2CC2)n1. The maximum atomic E-state index is 12.6. The zero-order valence-electron chi connectivity index (χ0n) is 14.6. The van der Waals surface area contributed by atoms with Gasteiger partial charge in [-0.25, -0.2) is 9.48 Å². The number of aromatic nitrogens is 3. The second kappa shape index (κ2) is 7.29. The lowest BCUT2D eigenvalue weighted by atomic mass is 10.1. The molecule has 0 aromatic carbocycles. The lowest BCUT2D eigenvalue weighted by Crippen LogP contribution is -2.34. The molecule has 2 N–H and O–H groups in total. The Kier molecular flexibility index (Phi) is 4.71. The van der Waals surface area contributed by atoms with Crippen LogP contribution in [0.25, 0.3) is 0 Å². The molecule has 0 aliphatic heterocycles. The lowest BCUT2D eigenvalue weighted by molar-refractivity contribution is 0.246. The molecule has 7 heteroatoms.